The van der Waals surface area contributed by atoms with Crippen LogP contribution in [0.5, 0.6) is 0 Å². The average Bonchev–Trinajstić information content (AvgIpc) is 3.77. The van der Waals surface area contributed by atoms with E-state index in [0.29, 0.717) is 0 Å². The summed E-state index contributed by atoms with van der Waals surface area (Å²) in [4.78, 5) is 5.35. The zero-order valence-corrected chi connectivity index (χ0v) is 42.5. The standard InChI is InChI=1S/C44H35BN2P.C18H15P.CH3.Ru/c1-6-18-36(19-7-1)45(37-20-8-2-9-21-37,38-22-10-3-11-23-38)39-32-30-35(31-33-39)34-47-43-29-17-16-28-42(43)46-44(47)48(40-24-12-4-13-25-40)41-26-14-5-15-27-41;1-4-10-16(11-5-1)19(17-12-6-2-7-13-17)18-14-8-3-9-15-18;;/h1-33H,34H2;1-15H;1H3;/q-1;;-1;+2/p+2. The average molecular weight is 1010 g/mol. The summed E-state index contributed by atoms with van der Waals surface area (Å²) in [5, 5.41) is 6.98. The molecular formula is C63H55BN2P2Ru+2. The molecule has 0 aliphatic carbocycles. The van der Waals surface area contributed by atoms with E-state index < -0.39 is 22.0 Å². The molecule has 0 N–H and O–H groups in total. The van der Waals surface area contributed by atoms with Crippen LogP contribution in [0, 0.1) is 7.43 Å². The van der Waals surface area contributed by atoms with E-state index in [0.717, 1.165) is 17.6 Å². The van der Waals surface area contributed by atoms with Gasteiger partial charge in [0.15, 0.2) is 0 Å². The van der Waals surface area contributed by atoms with Gasteiger partial charge in [0.1, 0.15) is 40.6 Å². The van der Waals surface area contributed by atoms with Crippen molar-refractivity contribution in [3.63, 3.8) is 0 Å². The van der Waals surface area contributed by atoms with Gasteiger partial charge in [0.2, 0.25) is 0 Å². The summed E-state index contributed by atoms with van der Waals surface area (Å²) in [6, 6.07) is 105. The van der Waals surface area contributed by atoms with E-state index in [9.17, 15) is 0 Å². The molecule has 6 heteroatoms. The van der Waals surface area contributed by atoms with E-state index >= 15 is 0 Å². The molecule has 0 spiro atoms. The van der Waals surface area contributed by atoms with Crippen molar-refractivity contribution in [1.29, 1.82) is 0 Å². The molecule has 336 valence electrons. The van der Waals surface area contributed by atoms with Crippen molar-refractivity contribution in [3.05, 3.63) is 304 Å². The van der Waals surface area contributed by atoms with Crippen LogP contribution < -0.4 is 53.9 Å². The number of para-hydroxylation sites is 2. The number of hydrogen-bond acceptors (Lipinski definition) is 1. The summed E-state index contributed by atoms with van der Waals surface area (Å²) >= 11 is 0. The van der Waals surface area contributed by atoms with E-state index in [1.54, 1.807) is 0 Å². The van der Waals surface area contributed by atoms with Crippen LogP contribution in [0.1, 0.15) is 5.56 Å². The Morgan fingerprint density at radius 3 is 0.971 bits per heavy atom. The molecule has 0 unspecified atom stereocenters. The summed E-state index contributed by atoms with van der Waals surface area (Å²) in [5.74, 6) is 0. The molecule has 2 nitrogen and oxygen atoms in total. The fourth-order valence-corrected chi connectivity index (χ4v) is 15.0. The molecule has 0 aliphatic heterocycles. The molecule has 0 saturated heterocycles. The normalized spacial score (nSPS) is 11.0. The maximum atomic E-state index is 5.35. The Kier molecular flexibility index (Phi) is 16.6. The third-order valence-corrected chi connectivity index (χ3v) is 18.3. The van der Waals surface area contributed by atoms with Crippen molar-refractivity contribution < 1.29 is 19.5 Å². The maximum Gasteiger partial charge on any atom is 2.00 e. The molecule has 0 atom stereocenters. The van der Waals surface area contributed by atoms with E-state index in [2.05, 4.69) is 296 Å². The summed E-state index contributed by atoms with van der Waals surface area (Å²) < 4.78 is 2.46. The van der Waals surface area contributed by atoms with Crippen LogP contribution in [-0.4, -0.2) is 15.7 Å². The van der Waals surface area contributed by atoms with Gasteiger partial charge in [-0.05, 0) is 78.4 Å². The molecule has 0 saturated carbocycles. The van der Waals surface area contributed by atoms with Crippen molar-refractivity contribution in [1.82, 2.24) is 9.55 Å². The summed E-state index contributed by atoms with van der Waals surface area (Å²) in [6.07, 6.45) is -1.42. The second-order valence-electron chi connectivity index (χ2n) is 16.9. The van der Waals surface area contributed by atoms with Crippen molar-refractivity contribution >= 4 is 87.0 Å². The minimum Gasteiger partial charge on any atom is -0.358 e. The molecule has 10 aromatic carbocycles. The summed E-state index contributed by atoms with van der Waals surface area (Å²) in [6.45, 7) is 0.742. The fourth-order valence-electron chi connectivity index (χ4n) is 9.85. The number of benzene rings is 10. The minimum atomic E-state index is -1.42. The Morgan fingerprint density at radius 1 is 0.319 bits per heavy atom. The van der Waals surface area contributed by atoms with Crippen LogP contribution in [0.25, 0.3) is 11.0 Å². The van der Waals surface area contributed by atoms with Crippen molar-refractivity contribution in [2.75, 3.05) is 0 Å². The molecule has 1 aromatic heterocycles. The molecule has 1 heterocycles. The largest absolute Gasteiger partial charge is 2.00 e. The van der Waals surface area contributed by atoms with Gasteiger partial charge in [-0.3, -0.25) is 4.57 Å². The third-order valence-electron chi connectivity index (χ3n) is 12.9. The monoisotopic (exact) mass is 1010 g/mol. The molecule has 0 bridgehead atoms. The molecular weight excluding hydrogens is 959 g/mol. The smallest absolute Gasteiger partial charge is 0.358 e. The van der Waals surface area contributed by atoms with Crippen molar-refractivity contribution in [2.24, 2.45) is 0 Å². The summed E-state index contributed by atoms with van der Waals surface area (Å²) in [5.41, 5.74) is 9.84. The SMILES string of the molecule is [CH3-].[Ru+2].c1ccc([PH+](c2ccccc2)c2ccccc2)cc1.c1ccc([PH+](c2ccccc2)c2nc3ccccc3n2Cc2ccc([B-](c3ccccc3)(c3ccccc3)c3ccccc3)cc2)cc1. The van der Waals surface area contributed by atoms with Gasteiger partial charge < -0.3 is 7.43 Å². The van der Waals surface area contributed by atoms with Crippen LogP contribution in [0.3, 0.4) is 0 Å². The first-order chi connectivity index (χ1) is 33.3. The van der Waals surface area contributed by atoms with Crippen molar-refractivity contribution in [3.8, 4) is 0 Å². The van der Waals surface area contributed by atoms with Crippen molar-refractivity contribution in [2.45, 2.75) is 6.54 Å². The van der Waals surface area contributed by atoms with Gasteiger partial charge in [0, 0.05) is 0 Å². The van der Waals surface area contributed by atoms with E-state index in [-0.39, 0.29) is 26.9 Å². The van der Waals surface area contributed by atoms with Gasteiger partial charge in [0.05, 0.1) is 25.5 Å². The van der Waals surface area contributed by atoms with E-state index in [1.165, 1.54) is 59.5 Å². The van der Waals surface area contributed by atoms with Crippen LogP contribution in [-0.2, 0) is 26.0 Å². The van der Waals surface area contributed by atoms with Gasteiger partial charge in [0.25, 0.3) is 5.57 Å². The zero-order chi connectivity index (χ0) is 45.1. The maximum absolute atomic E-state index is 5.35. The Hall–Kier alpha value is -6.78. The number of nitrogens with zero attached hydrogens (tertiary/aromatic N) is 2. The predicted octanol–water partition coefficient (Wildman–Crippen LogP) is 9.58. The Morgan fingerprint density at radius 2 is 0.609 bits per heavy atom. The van der Waals surface area contributed by atoms with Gasteiger partial charge in [-0.25, -0.2) is 0 Å². The Labute approximate surface area is 424 Å². The molecule has 11 rings (SSSR count). The Balaban J connectivity index is 0.000000257. The third kappa shape index (κ3) is 10.6. The first-order valence-electron chi connectivity index (χ1n) is 23.2. The molecule has 0 radical (unpaired) electrons. The van der Waals surface area contributed by atoms with Gasteiger partial charge >= 0.3 is 19.5 Å². The molecule has 0 aliphatic rings. The quantitative estimate of drug-likeness (QED) is 0.0678. The van der Waals surface area contributed by atoms with E-state index in [1.807, 2.05) is 0 Å². The van der Waals surface area contributed by atoms with E-state index in [4.69, 9.17) is 4.98 Å². The molecule has 11 aromatic rings. The fraction of sp³-hybridized carbons (Fsp3) is 0.0159. The summed E-state index contributed by atoms with van der Waals surface area (Å²) in [7, 11) is -2.25. The second-order valence-corrected chi connectivity index (χ2v) is 21.8. The van der Waals surface area contributed by atoms with Crippen LogP contribution >= 0.6 is 15.8 Å². The predicted molar refractivity (Wildman–Crippen MR) is 302 cm³/mol. The number of hydrogen-bond donors (Lipinski definition) is 0. The van der Waals surface area contributed by atoms with Gasteiger partial charge in [-0.1, -0.05) is 218 Å². The second kappa shape index (κ2) is 23.5. The van der Waals surface area contributed by atoms with Crippen LogP contribution in [0.2, 0.25) is 0 Å². The molecule has 69 heavy (non-hydrogen) atoms. The van der Waals surface area contributed by atoms with Gasteiger partial charge in [-0.2, -0.15) is 26.8 Å². The molecule has 0 amide bonds. The topological polar surface area (TPSA) is 17.8 Å². The van der Waals surface area contributed by atoms with Gasteiger partial charge in [-0.15, -0.1) is 0 Å². The number of rotatable bonds is 12. The van der Waals surface area contributed by atoms with Crippen LogP contribution in [0.4, 0.5) is 0 Å². The number of imidazole rings is 1. The number of fused-ring (bicyclic) bond motifs is 1. The molecule has 0 fully saturated rings. The Bertz CT molecular complexity index is 3010. The first-order valence-corrected chi connectivity index (χ1v) is 26.2. The minimum absolute atomic E-state index is 0. The zero-order valence-electron chi connectivity index (χ0n) is 38.7. The number of aromatic nitrogens is 2. The first kappa shape index (κ1) is 48.7. The van der Waals surface area contributed by atoms with Crippen LogP contribution in [0.15, 0.2) is 291 Å².